The van der Waals surface area contributed by atoms with Gasteiger partial charge in [-0.1, -0.05) is 44.2 Å². The second kappa shape index (κ2) is 7.79. The van der Waals surface area contributed by atoms with Gasteiger partial charge in [-0.25, -0.2) is 4.79 Å². The van der Waals surface area contributed by atoms with Crippen LogP contribution in [0.15, 0.2) is 30.3 Å². The summed E-state index contributed by atoms with van der Waals surface area (Å²) in [5.41, 5.74) is 0.984. The highest BCUT2D eigenvalue weighted by molar-refractivity contribution is 5.67. The molecule has 0 heterocycles. The summed E-state index contributed by atoms with van der Waals surface area (Å²) in [7, 11) is 1.68. The van der Waals surface area contributed by atoms with E-state index in [4.69, 9.17) is 9.47 Å². The van der Waals surface area contributed by atoms with Crippen LogP contribution in [0.25, 0.3) is 0 Å². The monoisotopic (exact) mass is 265 g/mol. The zero-order chi connectivity index (χ0) is 14.1. The molecule has 0 saturated carbocycles. The topological polar surface area (TPSA) is 47.6 Å². The summed E-state index contributed by atoms with van der Waals surface area (Å²) in [5, 5.41) is 2.79. The first kappa shape index (κ1) is 15.5. The van der Waals surface area contributed by atoms with Crippen LogP contribution in [-0.2, 0) is 16.1 Å². The molecule has 0 atom stereocenters. The zero-order valence-electron chi connectivity index (χ0n) is 11.9. The van der Waals surface area contributed by atoms with E-state index >= 15 is 0 Å². The average molecular weight is 265 g/mol. The Labute approximate surface area is 115 Å². The Morgan fingerprint density at radius 2 is 1.95 bits per heavy atom. The molecule has 0 radical (unpaired) electrons. The molecule has 1 aromatic rings. The minimum absolute atomic E-state index is 0.00176. The smallest absolute Gasteiger partial charge is 0.407 e. The third kappa shape index (κ3) is 6.82. The molecular weight excluding hydrogens is 242 g/mol. The first-order valence-electron chi connectivity index (χ1n) is 6.47. The Morgan fingerprint density at radius 1 is 1.26 bits per heavy atom. The van der Waals surface area contributed by atoms with Crippen molar-refractivity contribution in [1.29, 1.82) is 0 Å². The molecule has 0 aliphatic carbocycles. The number of rotatable bonds is 7. The van der Waals surface area contributed by atoms with E-state index in [1.807, 2.05) is 30.3 Å². The lowest BCUT2D eigenvalue weighted by molar-refractivity contribution is 0.125. The van der Waals surface area contributed by atoms with Crippen molar-refractivity contribution < 1.29 is 14.3 Å². The normalized spacial score (nSPS) is 11.1. The minimum Gasteiger partial charge on any atom is -0.445 e. The van der Waals surface area contributed by atoms with Crippen LogP contribution in [0.3, 0.4) is 0 Å². The Kier molecular flexibility index (Phi) is 6.36. The van der Waals surface area contributed by atoms with Gasteiger partial charge < -0.3 is 14.8 Å². The first-order chi connectivity index (χ1) is 9.03. The summed E-state index contributed by atoms with van der Waals surface area (Å²) in [6.45, 7) is 5.73. The van der Waals surface area contributed by atoms with Gasteiger partial charge in [0.05, 0.1) is 0 Å². The van der Waals surface area contributed by atoms with Gasteiger partial charge in [0.25, 0.3) is 0 Å². The van der Waals surface area contributed by atoms with Crippen molar-refractivity contribution in [2.45, 2.75) is 26.9 Å². The number of alkyl carbamates (subject to hydrolysis) is 1. The van der Waals surface area contributed by atoms with Crippen LogP contribution < -0.4 is 5.32 Å². The summed E-state index contributed by atoms with van der Waals surface area (Å²) >= 11 is 0. The van der Waals surface area contributed by atoms with Crippen LogP contribution in [0.1, 0.15) is 25.8 Å². The van der Waals surface area contributed by atoms with Crippen molar-refractivity contribution in [3.8, 4) is 0 Å². The number of nitrogens with one attached hydrogen (secondary N) is 1. The number of hydrogen-bond acceptors (Lipinski definition) is 3. The predicted octanol–water partition coefficient (Wildman–Crippen LogP) is 2.98. The Morgan fingerprint density at radius 3 is 2.58 bits per heavy atom. The van der Waals surface area contributed by atoms with E-state index in [9.17, 15) is 4.79 Å². The van der Waals surface area contributed by atoms with Gasteiger partial charge >= 0.3 is 6.09 Å². The van der Waals surface area contributed by atoms with Crippen molar-refractivity contribution >= 4 is 6.09 Å². The molecule has 0 fully saturated rings. The molecular formula is C15H23NO3. The van der Waals surface area contributed by atoms with Gasteiger partial charge in [0.1, 0.15) is 6.61 Å². The number of hydrogen-bond donors (Lipinski definition) is 1. The summed E-state index contributed by atoms with van der Waals surface area (Å²) in [5.74, 6) is 0. The molecule has 4 nitrogen and oxygen atoms in total. The number of benzene rings is 1. The quantitative estimate of drug-likeness (QED) is 0.824. The summed E-state index contributed by atoms with van der Waals surface area (Å²) in [6, 6.07) is 9.63. The zero-order valence-corrected chi connectivity index (χ0v) is 11.9. The molecule has 1 N–H and O–H groups in total. The van der Waals surface area contributed by atoms with Crippen molar-refractivity contribution in [3.05, 3.63) is 35.9 Å². The van der Waals surface area contributed by atoms with E-state index in [-0.39, 0.29) is 11.5 Å². The van der Waals surface area contributed by atoms with Crippen molar-refractivity contribution in [2.75, 3.05) is 20.3 Å². The lowest BCUT2D eigenvalue weighted by Crippen LogP contribution is -2.34. The van der Waals surface area contributed by atoms with Crippen LogP contribution in [0, 0.1) is 5.41 Å². The van der Waals surface area contributed by atoms with E-state index in [1.54, 1.807) is 7.11 Å². The summed E-state index contributed by atoms with van der Waals surface area (Å²) < 4.78 is 10.2. The number of amides is 1. The molecule has 0 aliphatic rings. The second-order valence-corrected chi connectivity index (χ2v) is 5.32. The number of methoxy groups -OCH3 is 1. The van der Waals surface area contributed by atoms with Gasteiger partial charge in [-0.05, 0) is 17.4 Å². The molecule has 0 aromatic heterocycles. The fourth-order valence-corrected chi connectivity index (χ4v) is 1.55. The van der Waals surface area contributed by atoms with Gasteiger partial charge in [-0.3, -0.25) is 0 Å². The molecule has 106 valence electrons. The van der Waals surface area contributed by atoms with Gasteiger partial charge in [0.15, 0.2) is 0 Å². The number of carbonyl (C=O) groups excluding carboxylic acids is 1. The minimum atomic E-state index is -0.380. The van der Waals surface area contributed by atoms with E-state index in [2.05, 4.69) is 19.2 Å². The molecule has 0 unspecified atom stereocenters. The van der Waals surface area contributed by atoms with Crippen molar-refractivity contribution in [1.82, 2.24) is 5.32 Å². The van der Waals surface area contributed by atoms with E-state index in [0.29, 0.717) is 19.8 Å². The number of ether oxygens (including phenoxy) is 2. The second-order valence-electron chi connectivity index (χ2n) is 5.32. The Balaban J connectivity index is 2.24. The molecule has 0 saturated heterocycles. The fraction of sp³-hybridized carbons (Fsp3) is 0.533. The fourth-order valence-electron chi connectivity index (χ4n) is 1.55. The van der Waals surface area contributed by atoms with Crippen LogP contribution >= 0.6 is 0 Å². The predicted molar refractivity (Wildman–Crippen MR) is 74.9 cm³/mol. The molecule has 4 heteroatoms. The molecule has 1 rings (SSSR count). The largest absolute Gasteiger partial charge is 0.445 e. The standard InChI is InChI=1S/C15H23NO3/c1-15(2,9-10-18-3)12-16-14(17)19-11-13-7-5-4-6-8-13/h4-8H,9-12H2,1-3H3,(H,16,17). The van der Waals surface area contributed by atoms with Crippen molar-refractivity contribution in [3.63, 3.8) is 0 Å². The van der Waals surface area contributed by atoms with Gasteiger partial charge in [0, 0.05) is 20.3 Å². The molecule has 0 bridgehead atoms. The first-order valence-corrected chi connectivity index (χ1v) is 6.47. The van der Waals surface area contributed by atoms with Crippen LogP contribution in [0.5, 0.6) is 0 Å². The van der Waals surface area contributed by atoms with Gasteiger partial charge in [-0.2, -0.15) is 0 Å². The van der Waals surface area contributed by atoms with Gasteiger partial charge in [0.2, 0.25) is 0 Å². The highest BCUT2D eigenvalue weighted by Gasteiger charge is 2.18. The number of carbonyl (C=O) groups is 1. The molecule has 1 aromatic carbocycles. The highest BCUT2D eigenvalue weighted by atomic mass is 16.5. The lowest BCUT2D eigenvalue weighted by Gasteiger charge is -2.24. The van der Waals surface area contributed by atoms with E-state index < -0.39 is 0 Å². The maximum Gasteiger partial charge on any atom is 0.407 e. The Bertz CT molecular complexity index is 376. The van der Waals surface area contributed by atoms with Crippen LogP contribution in [-0.4, -0.2) is 26.4 Å². The highest BCUT2D eigenvalue weighted by Crippen LogP contribution is 2.18. The maximum atomic E-state index is 11.6. The van der Waals surface area contributed by atoms with E-state index in [1.165, 1.54) is 0 Å². The average Bonchev–Trinajstić information content (AvgIpc) is 2.42. The van der Waals surface area contributed by atoms with Crippen LogP contribution in [0.2, 0.25) is 0 Å². The van der Waals surface area contributed by atoms with Crippen molar-refractivity contribution in [2.24, 2.45) is 5.41 Å². The third-order valence-electron chi connectivity index (χ3n) is 2.91. The third-order valence-corrected chi connectivity index (χ3v) is 2.91. The van der Waals surface area contributed by atoms with Gasteiger partial charge in [-0.15, -0.1) is 0 Å². The maximum absolute atomic E-state index is 11.6. The lowest BCUT2D eigenvalue weighted by atomic mass is 9.90. The van der Waals surface area contributed by atoms with E-state index in [0.717, 1.165) is 12.0 Å². The summed E-state index contributed by atoms with van der Waals surface area (Å²) in [6.07, 6.45) is 0.511. The van der Waals surface area contributed by atoms with Crippen LogP contribution in [0.4, 0.5) is 4.79 Å². The molecule has 1 amide bonds. The molecule has 19 heavy (non-hydrogen) atoms. The Hall–Kier alpha value is -1.55. The SMILES string of the molecule is COCCC(C)(C)CNC(=O)OCc1ccccc1. The summed E-state index contributed by atoms with van der Waals surface area (Å²) in [4.78, 5) is 11.6. The molecule has 0 spiro atoms. The molecule has 0 aliphatic heterocycles.